The molecule has 1 heterocycles. The molecule has 9 heteroatoms. The molecule has 30 heavy (non-hydrogen) atoms. The number of hydroxylamine groups is 1. The van der Waals surface area contributed by atoms with Crippen molar-refractivity contribution < 1.29 is 23.2 Å². The fourth-order valence-electron chi connectivity index (χ4n) is 4.02. The Balaban J connectivity index is 2.28. The Bertz CT molecular complexity index is 1120. The second kappa shape index (κ2) is 7.73. The minimum Gasteiger partial charge on any atom is -0.322 e. The summed E-state index contributed by atoms with van der Waals surface area (Å²) in [6, 6.07) is 6.84. The second-order valence-electron chi connectivity index (χ2n) is 7.88. The monoisotopic (exact) mass is 431 g/mol. The van der Waals surface area contributed by atoms with E-state index in [1.54, 1.807) is 39.8 Å². The molecule has 0 saturated carbocycles. The number of aryl methyl sites for hydroxylation is 3. The topological polar surface area (TPSA) is 116 Å². The Morgan fingerprint density at radius 2 is 1.73 bits per heavy atom. The van der Waals surface area contributed by atoms with Crippen LogP contribution in [0.4, 0.5) is 11.4 Å². The van der Waals surface area contributed by atoms with Gasteiger partial charge in [0.05, 0.1) is 16.3 Å². The summed E-state index contributed by atoms with van der Waals surface area (Å²) in [5.41, 5.74) is 4.20. The number of benzene rings is 2. The molecule has 1 unspecified atom stereocenters. The van der Waals surface area contributed by atoms with Gasteiger partial charge in [0.1, 0.15) is 6.04 Å². The lowest BCUT2D eigenvalue weighted by molar-refractivity contribution is -0.118. The van der Waals surface area contributed by atoms with Crippen molar-refractivity contribution >= 4 is 33.2 Å². The van der Waals surface area contributed by atoms with Gasteiger partial charge < -0.3 is 5.32 Å². The maximum atomic E-state index is 13.9. The Morgan fingerprint density at radius 3 is 2.27 bits per heavy atom. The average molecular weight is 432 g/mol. The van der Waals surface area contributed by atoms with Crippen LogP contribution in [-0.2, 0) is 14.8 Å². The third-order valence-electron chi connectivity index (χ3n) is 5.13. The van der Waals surface area contributed by atoms with E-state index >= 15 is 0 Å². The molecule has 3 rings (SSSR count). The molecular weight excluding hydrogens is 406 g/mol. The number of carbonyl (C=O) groups is 2. The molecule has 0 spiro atoms. The molecule has 0 aliphatic carbocycles. The van der Waals surface area contributed by atoms with Crippen LogP contribution in [0.3, 0.4) is 0 Å². The molecular formula is C21H25N3O5S. The van der Waals surface area contributed by atoms with Gasteiger partial charge in [0.15, 0.2) is 0 Å². The van der Waals surface area contributed by atoms with E-state index in [9.17, 15) is 18.0 Å². The van der Waals surface area contributed by atoms with E-state index in [0.717, 1.165) is 9.87 Å². The van der Waals surface area contributed by atoms with E-state index in [1.165, 1.54) is 23.7 Å². The summed E-state index contributed by atoms with van der Waals surface area (Å²) < 4.78 is 28.9. The Kier molecular flexibility index (Phi) is 5.62. The second-order valence-corrected chi connectivity index (χ2v) is 9.63. The summed E-state index contributed by atoms with van der Waals surface area (Å²) in [4.78, 5) is 24.8. The smallest absolute Gasteiger partial charge is 0.274 e. The zero-order chi connectivity index (χ0) is 22.4. The highest BCUT2D eigenvalue weighted by atomic mass is 32.2. The molecule has 2 amide bonds. The van der Waals surface area contributed by atoms with Crippen LogP contribution in [0.25, 0.3) is 0 Å². The van der Waals surface area contributed by atoms with Gasteiger partial charge in [-0.2, -0.15) is 0 Å². The highest BCUT2D eigenvalue weighted by molar-refractivity contribution is 7.93. The summed E-state index contributed by atoms with van der Waals surface area (Å²) in [5.74, 6) is -1.55. The molecule has 0 fully saturated rings. The third-order valence-corrected chi connectivity index (χ3v) is 7.23. The zero-order valence-corrected chi connectivity index (χ0v) is 18.3. The van der Waals surface area contributed by atoms with Crippen LogP contribution in [0.1, 0.15) is 40.9 Å². The highest BCUT2D eigenvalue weighted by Crippen LogP contribution is 2.40. The van der Waals surface area contributed by atoms with Gasteiger partial charge in [-0.25, -0.2) is 13.9 Å². The highest BCUT2D eigenvalue weighted by Gasteiger charge is 2.43. The van der Waals surface area contributed by atoms with Crippen LogP contribution in [0, 0.1) is 26.7 Å². The standard InChI is InChI=1S/C21H25N3O5S/c1-11(2)18-21(26)22-16-10-15(20(25)23-27)6-7-17(16)24(18)30(28,29)19-13(4)8-12(3)9-14(19)5/h6-11,18,27H,1-5H3,(H,22,26)(H,23,25). The third kappa shape index (κ3) is 3.54. The number of hydrogen-bond donors (Lipinski definition) is 3. The summed E-state index contributed by atoms with van der Waals surface area (Å²) in [7, 11) is -4.10. The van der Waals surface area contributed by atoms with Crippen molar-refractivity contribution in [2.45, 2.75) is 45.6 Å². The largest absolute Gasteiger partial charge is 0.322 e. The number of amides is 2. The molecule has 1 aliphatic rings. The van der Waals surface area contributed by atoms with Crippen LogP contribution >= 0.6 is 0 Å². The van der Waals surface area contributed by atoms with E-state index in [-0.39, 0.29) is 27.8 Å². The fourth-order valence-corrected chi connectivity index (χ4v) is 6.21. The predicted molar refractivity (Wildman–Crippen MR) is 113 cm³/mol. The van der Waals surface area contributed by atoms with E-state index in [0.29, 0.717) is 11.1 Å². The summed E-state index contributed by atoms with van der Waals surface area (Å²) in [6.07, 6.45) is 0. The van der Waals surface area contributed by atoms with Crippen molar-refractivity contribution in [3.63, 3.8) is 0 Å². The molecule has 1 atom stereocenters. The van der Waals surface area contributed by atoms with Gasteiger partial charge in [-0.3, -0.25) is 19.1 Å². The van der Waals surface area contributed by atoms with Crippen molar-refractivity contribution in [1.82, 2.24) is 5.48 Å². The maximum Gasteiger partial charge on any atom is 0.274 e. The number of fused-ring (bicyclic) bond motifs is 1. The van der Waals surface area contributed by atoms with Crippen molar-refractivity contribution in [2.24, 2.45) is 5.92 Å². The number of rotatable bonds is 4. The summed E-state index contributed by atoms with van der Waals surface area (Å²) in [5, 5.41) is 11.6. The molecule has 0 bridgehead atoms. The molecule has 1 aliphatic heterocycles. The number of hydrogen-bond acceptors (Lipinski definition) is 5. The molecule has 8 nitrogen and oxygen atoms in total. The van der Waals surface area contributed by atoms with Crippen molar-refractivity contribution in [3.8, 4) is 0 Å². The molecule has 2 aromatic rings. The Morgan fingerprint density at radius 1 is 1.13 bits per heavy atom. The SMILES string of the molecule is Cc1cc(C)c(S(=O)(=O)N2c3ccc(C(=O)NO)cc3NC(=O)C2C(C)C)c(C)c1. The lowest BCUT2D eigenvalue weighted by Crippen LogP contribution is -2.53. The lowest BCUT2D eigenvalue weighted by Gasteiger charge is -2.39. The quantitative estimate of drug-likeness (QED) is 0.508. The van der Waals surface area contributed by atoms with Crippen molar-refractivity contribution in [2.75, 3.05) is 9.62 Å². The minimum atomic E-state index is -4.10. The predicted octanol–water partition coefficient (Wildman–Crippen LogP) is 2.90. The number of sulfonamides is 1. The van der Waals surface area contributed by atoms with Gasteiger partial charge in [-0.05, 0) is 56.0 Å². The summed E-state index contributed by atoms with van der Waals surface area (Å²) >= 11 is 0. The number of nitrogens with one attached hydrogen (secondary N) is 2. The van der Waals surface area contributed by atoms with Crippen molar-refractivity contribution in [3.05, 3.63) is 52.6 Å². The molecule has 0 radical (unpaired) electrons. The Hall–Kier alpha value is -2.91. The number of nitrogens with zero attached hydrogens (tertiary/aromatic N) is 1. The average Bonchev–Trinajstić information content (AvgIpc) is 2.64. The van der Waals surface area contributed by atoms with E-state index in [1.807, 2.05) is 6.92 Å². The molecule has 0 saturated heterocycles. The normalized spacial score (nSPS) is 16.3. The van der Waals surface area contributed by atoms with Gasteiger partial charge in [-0.15, -0.1) is 0 Å². The van der Waals surface area contributed by atoms with Crippen LogP contribution in [0.5, 0.6) is 0 Å². The van der Waals surface area contributed by atoms with Gasteiger partial charge in [-0.1, -0.05) is 31.5 Å². The van der Waals surface area contributed by atoms with E-state index in [2.05, 4.69) is 5.32 Å². The summed E-state index contributed by atoms with van der Waals surface area (Å²) in [6.45, 7) is 8.92. The lowest BCUT2D eigenvalue weighted by atomic mass is 9.99. The zero-order valence-electron chi connectivity index (χ0n) is 17.5. The van der Waals surface area contributed by atoms with Crippen LogP contribution in [0.2, 0.25) is 0 Å². The first-order valence-electron chi connectivity index (χ1n) is 9.50. The first kappa shape index (κ1) is 21.8. The first-order valence-corrected chi connectivity index (χ1v) is 10.9. The van der Waals surface area contributed by atoms with Crippen LogP contribution < -0.4 is 15.1 Å². The fraction of sp³-hybridized carbons (Fsp3) is 0.333. The molecule has 2 aromatic carbocycles. The molecule has 160 valence electrons. The molecule has 0 aromatic heterocycles. The maximum absolute atomic E-state index is 13.9. The number of carbonyl (C=O) groups excluding carboxylic acids is 2. The van der Waals surface area contributed by atoms with Crippen molar-refractivity contribution in [1.29, 1.82) is 0 Å². The van der Waals surface area contributed by atoms with Gasteiger partial charge in [0.25, 0.3) is 15.9 Å². The molecule has 3 N–H and O–H groups in total. The van der Waals surface area contributed by atoms with Gasteiger partial charge in [0, 0.05) is 5.56 Å². The minimum absolute atomic E-state index is 0.0830. The first-order chi connectivity index (χ1) is 14.0. The van der Waals surface area contributed by atoms with E-state index in [4.69, 9.17) is 5.21 Å². The van der Waals surface area contributed by atoms with Gasteiger partial charge in [0.2, 0.25) is 5.91 Å². The Labute approximate surface area is 175 Å². The van der Waals surface area contributed by atoms with Gasteiger partial charge >= 0.3 is 0 Å². The van der Waals surface area contributed by atoms with E-state index < -0.39 is 27.9 Å². The number of anilines is 2. The van der Waals surface area contributed by atoms with Crippen LogP contribution in [0.15, 0.2) is 35.2 Å². The van der Waals surface area contributed by atoms with Crippen LogP contribution in [-0.4, -0.2) is 31.5 Å².